The van der Waals surface area contributed by atoms with Gasteiger partial charge in [0.15, 0.2) is 0 Å². The van der Waals surface area contributed by atoms with E-state index in [0.29, 0.717) is 23.1 Å². The standard InChI is InChI=1S/C24H27ClN4O2S/c1-15-8-9-16(12-18(15)25)26-21(30)14-29-20(13-28-10-4-5-11-28)27-23-22(24(29)31)17-6-2-3-7-19(17)32-23/h8-9,12H,2-7,10-11,13-14H2,1H3,(H,26,30). The number of nitrogens with one attached hydrogen (secondary N) is 1. The Hall–Kier alpha value is -2.22. The van der Waals surface area contributed by atoms with E-state index in [1.165, 1.54) is 4.88 Å². The molecule has 8 heteroatoms. The molecule has 0 radical (unpaired) electrons. The van der Waals surface area contributed by atoms with Gasteiger partial charge in [-0.3, -0.25) is 19.1 Å². The van der Waals surface area contributed by atoms with Crippen LogP contribution in [-0.4, -0.2) is 33.4 Å². The monoisotopic (exact) mass is 470 g/mol. The summed E-state index contributed by atoms with van der Waals surface area (Å²) < 4.78 is 1.59. The fourth-order valence-corrected chi connectivity index (χ4v) is 6.17. The number of nitrogens with zero attached hydrogens (tertiary/aromatic N) is 3. The summed E-state index contributed by atoms with van der Waals surface area (Å²) in [4.78, 5) is 35.9. The average molecular weight is 471 g/mol. The van der Waals surface area contributed by atoms with Gasteiger partial charge in [0.25, 0.3) is 5.56 Å². The van der Waals surface area contributed by atoms with Gasteiger partial charge in [0.2, 0.25) is 5.91 Å². The van der Waals surface area contributed by atoms with Crippen molar-refractivity contribution in [2.75, 3.05) is 18.4 Å². The van der Waals surface area contributed by atoms with E-state index in [-0.39, 0.29) is 18.0 Å². The van der Waals surface area contributed by atoms with Crippen molar-refractivity contribution in [1.29, 1.82) is 0 Å². The van der Waals surface area contributed by atoms with Crippen molar-refractivity contribution in [3.63, 3.8) is 0 Å². The predicted octanol–water partition coefficient (Wildman–Crippen LogP) is 4.53. The number of carbonyl (C=O) groups is 1. The largest absolute Gasteiger partial charge is 0.324 e. The summed E-state index contributed by atoms with van der Waals surface area (Å²) in [5.74, 6) is 0.431. The second kappa shape index (κ2) is 8.96. The lowest BCUT2D eigenvalue weighted by molar-refractivity contribution is -0.116. The van der Waals surface area contributed by atoms with Crippen LogP contribution in [0.15, 0.2) is 23.0 Å². The number of hydrogen-bond acceptors (Lipinski definition) is 5. The van der Waals surface area contributed by atoms with Gasteiger partial charge < -0.3 is 5.32 Å². The SMILES string of the molecule is Cc1ccc(NC(=O)Cn2c(CN3CCCC3)nc3sc4c(c3c2=O)CCCC4)cc1Cl. The summed E-state index contributed by atoms with van der Waals surface area (Å²) in [6, 6.07) is 5.43. The summed E-state index contributed by atoms with van der Waals surface area (Å²) in [7, 11) is 0. The number of thiophene rings is 1. The van der Waals surface area contributed by atoms with Gasteiger partial charge in [-0.15, -0.1) is 11.3 Å². The van der Waals surface area contributed by atoms with E-state index >= 15 is 0 Å². The summed E-state index contributed by atoms with van der Waals surface area (Å²) in [5.41, 5.74) is 2.65. The molecule has 168 valence electrons. The molecule has 32 heavy (non-hydrogen) atoms. The molecule has 1 aliphatic heterocycles. The first kappa shape index (κ1) is 21.6. The minimum absolute atomic E-state index is 0.0545. The van der Waals surface area contributed by atoms with Crippen LogP contribution in [0.1, 0.15) is 47.5 Å². The molecule has 1 N–H and O–H groups in total. The van der Waals surface area contributed by atoms with Gasteiger partial charge in [0.05, 0.1) is 11.9 Å². The Kier molecular flexibility index (Phi) is 6.05. The van der Waals surface area contributed by atoms with Gasteiger partial charge in [0, 0.05) is 15.6 Å². The molecular weight excluding hydrogens is 444 g/mol. The minimum Gasteiger partial charge on any atom is -0.324 e. The normalized spacial score (nSPS) is 16.4. The summed E-state index contributed by atoms with van der Waals surface area (Å²) in [5, 5.41) is 4.21. The number of halogens is 1. The average Bonchev–Trinajstić information content (AvgIpc) is 3.41. The van der Waals surface area contributed by atoms with E-state index in [2.05, 4.69) is 10.2 Å². The van der Waals surface area contributed by atoms with E-state index in [4.69, 9.17) is 16.6 Å². The topological polar surface area (TPSA) is 67.2 Å². The predicted molar refractivity (Wildman–Crippen MR) is 130 cm³/mol. The summed E-state index contributed by atoms with van der Waals surface area (Å²) >= 11 is 7.86. The first-order valence-corrected chi connectivity index (χ1v) is 12.5. The Morgan fingerprint density at radius 1 is 1.19 bits per heavy atom. The molecule has 1 aliphatic carbocycles. The van der Waals surface area contributed by atoms with Gasteiger partial charge in [-0.2, -0.15) is 0 Å². The molecule has 1 amide bonds. The van der Waals surface area contributed by atoms with Crippen LogP contribution < -0.4 is 10.9 Å². The van der Waals surface area contributed by atoms with Crippen molar-refractivity contribution in [3.05, 3.63) is 55.4 Å². The summed E-state index contributed by atoms with van der Waals surface area (Å²) in [6.07, 6.45) is 6.53. The number of amides is 1. The first-order valence-electron chi connectivity index (χ1n) is 11.3. The van der Waals surface area contributed by atoms with Crippen molar-refractivity contribution in [2.45, 2.75) is 58.5 Å². The van der Waals surface area contributed by atoms with Crippen LogP contribution in [0.3, 0.4) is 0 Å². The Balaban J connectivity index is 1.51. The van der Waals surface area contributed by atoms with E-state index in [1.807, 2.05) is 19.1 Å². The van der Waals surface area contributed by atoms with Gasteiger partial charge in [-0.1, -0.05) is 17.7 Å². The number of rotatable bonds is 5. The molecule has 1 fully saturated rings. The quantitative estimate of drug-likeness (QED) is 0.594. The Morgan fingerprint density at radius 3 is 2.75 bits per heavy atom. The third kappa shape index (κ3) is 4.21. The van der Waals surface area contributed by atoms with Crippen molar-refractivity contribution in [2.24, 2.45) is 0 Å². The number of aromatic nitrogens is 2. The summed E-state index contributed by atoms with van der Waals surface area (Å²) in [6.45, 7) is 4.46. The van der Waals surface area contributed by atoms with Crippen molar-refractivity contribution >= 4 is 44.7 Å². The molecule has 5 rings (SSSR count). The molecule has 3 aromatic rings. The zero-order chi connectivity index (χ0) is 22.2. The lowest BCUT2D eigenvalue weighted by Crippen LogP contribution is -2.33. The van der Waals surface area contributed by atoms with Gasteiger partial charge in [0.1, 0.15) is 17.2 Å². The number of fused-ring (bicyclic) bond motifs is 3. The van der Waals surface area contributed by atoms with E-state index < -0.39 is 0 Å². The van der Waals surface area contributed by atoms with Crippen molar-refractivity contribution < 1.29 is 4.79 Å². The van der Waals surface area contributed by atoms with E-state index in [1.54, 1.807) is 22.0 Å². The maximum atomic E-state index is 13.7. The molecule has 0 saturated carbocycles. The Labute approximate surface area is 196 Å². The smallest absolute Gasteiger partial charge is 0.263 e. The highest BCUT2D eigenvalue weighted by atomic mass is 35.5. The van der Waals surface area contributed by atoms with Crippen LogP contribution in [0.2, 0.25) is 5.02 Å². The Bertz CT molecular complexity index is 1240. The molecule has 0 bridgehead atoms. The highest BCUT2D eigenvalue weighted by molar-refractivity contribution is 7.18. The molecule has 1 saturated heterocycles. The molecule has 2 aromatic heterocycles. The highest BCUT2D eigenvalue weighted by Gasteiger charge is 2.24. The lowest BCUT2D eigenvalue weighted by Gasteiger charge is -2.18. The van der Waals surface area contributed by atoms with E-state index in [0.717, 1.165) is 73.0 Å². The third-order valence-electron chi connectivity index (χ3n) is 6.47. The van der Waals surface area contributed by atoms with Crippen LogP contribution in [0.5, 0.6) is 0 Å². The van der Waals surface area contributed by atoms with Gasteiger partial charge in [-0.25, -0.2) is 4.98 Å². The Morgan fingerprint density at radius 2 is 1.97 bits per heavy atom. The van der Waals surface area contributed by atoms with Crippen molar-refractivity contribution in [3.8, 4) is 0 Å². The highest BCUT2D eigenvalue weighted by Crippen LogP contribution is 2.34. The number of hydrogen-bond donors (Lipinski definition) is 1. The second-order valence-corrected chi connectivity index (χ2v) is 10.3. The third-order valence-corrected chi connectivity index (χ3v) is 8.07. The zero-order valence-electron chi connectivity index (χ0n) is 18.2. The van der Waals surface area contributed by atoms with Gasteiger partial charge in [-0.05, 0) is 81.8 Å². The zero-order valence-corrected chi connectivity index (χ0v) is 19.8. The van der Waals surface area contributed by atoms with Crippen LogP contribution in [0, 0.1) is 6.92 Å². The number of aryl methyl sites for hydroxylation is 3. The fraction of sp³-hybridized carbons (Fsp3) is 0.458. The second-order valence-electron chi connectivity index (χ2n) is 8.81. The van der Waals surface area contributed by atoms with Crippen molar-refractivity contribution in [1.82, 2.24) is 14.5 Å². The molecule has 0 atom stereocenters. The number of likely N-dealkylation sites (tertiary alicyclic amines) is 1. The molecule has 2 aliphatic rings. The van der Waals surface area contributed by atoms with Gasteiger partial charge >= 0.3 is 0 Å². The maximum Gasteiger partial charge on any atom is 0.263 e. The molecule has 0 unspecified atom stereocenters. The molecule has 0 spiro atoms. The molecule has 3 heterocycles. The molecule has 6 nitrogen and oxygen atoms in total. The number of benzene rings is 1. The lowest BCUT2D eigenvalue weighted by atomic mass is 9.97. The fourth-order valence-electron chi connectivity index (χ4n) is 4.72. The number of carbonyl (C=O) groups excluding carboxylic acids is 1. The van der Waals surface area contributed by atoms with E-state index in [9.17, 15) is 9.59 Å². The van der Waals surface area contributed by atoms with Crippen LogP contribution in [0.25, 0.3) is 10.2 Å². The first-order chi connectivity index (χ1) is 15.5. The number of anilines is 1. The van der Waals surface area contributed by atoms with Crippen LogP contribution in [-0.2, 0) is 30.7 Å². The molecular formula is C24H27ClN4O2S. The molecule has 1 aromatic carbocycles. The van der Waals surface area contributed by atoms with Crippen LogP contribution in [0.4, 0.5) is 5.69 Å². The maximum absolute atomic E-state index is 13.7. The van der Waals surface area contributed by atoms with Crippen LogP contribution >= 0.6 is 22.9 Å². The minimum atomic E-state index is -0.250.